The van der Waals surface area contributed by atoms with Gasteiger partial charge in [0.2, 0.25) is 5.82 Å². The van der Waals surface area contributed by atoms with Crippen molar-refractivity contribution in [3.05, 3.63) is 89.1 Å². The lowest BCUT2D eigenvalue weighted by atomic mass is 10.0. The molecule has 0 amide bonds. The lowest BCUT2D eigenvalue weighted by molar-refractivity contribution is -0.647. The number of imidazole rings is 1. The Morgan fingerprint density at radius 2 is 1.55 bits per heavy atom. The summed E-state index contributed by atoms with van der Waals surface area (Å²) in [6.45, 7) is 8.62. The second-order valence-electron chi connectivity index (χ2n) is 9.14. The summed E-state index contributed by atoms with van der Waals surface area (Å²) in [5, 5.41) is 2.24. The molecule has 6 aromatic rings. The van der Waals surface area contributed by atoms with Crippen molar-refractivity contribution in [2.24, 2.45) is 7.05 Å². The van der Waals surface area contributed by atoms with E-state index in [0.717, 1.165) is 44.5 Å². The smallest absolute Gasteiger partial charge is 0.314 e. The summed E-state index contributed by atoms with van der Waals surface area (Å²) in [7, 11) is 2.10. The number of nitrogens with zero attached hydrogens (tertiary/aromatic N) is 3. The number of para-hydroxylation sites is 2. The molecule has 162 valence electrons. The standard InChI is InChI=1S/C29H26N3O/c1-17-13-19(3)26(20(4)14-17)32-28(30-24-15-18(2)16-31(5)29(24)32)23-11-8-10-22-21-9-6-7-12-25(21)33-27(22)23/h6-16H,1-5H3/q+1. The minimum atomic E-state index is 0.872. The van der Waals surface area contributed by atoms with Crippen molar-refractivity contribution in [1.29, 1.82) is 0 Å². The Morgan fingerprint density at radius 1 is 0.818 bits per heavy atom. The van der Waals surface area contributed by atoms with Crippen LogP contribution in [0.4, 0.5) is 0 Å². The molecular formula is C29H26N3O+. The maximum absolute atomic E-state index is 6.40. The van der Waals surface area contributed by atoms with Crippen molar-refractivity contribution in [3.63, 3.8) is 0 Å². The van der Waals surface area contributed by atoms with Gasteiger partial charge in [0.15, 0.2) is 5.52 Å². The minimum Gasteiger partial charge on any atom is -0.455 e. The van der Waals surface area contributed by atoms with Crippen molar-refractivity contribution in [2.75, 3.05) is 0 Å². The van der Waals surface area contributed by atoms with Gasteiger partial charge in [0.25, 0.3) is 0 Å². The number of furan rings is 1. The number of fused-ring (bicyclic) bond motifs is 4. The maximum atomic E-state index is 6.40. The predicted molar refractivity (Wildman–Crippen MR) is 134 cm³/mol. The van der Waals surface area contributed by atoms with Crippen LogP contribution in [-0.4, -0.2) is 9.55 Å². The van der Waals surface area contributed by atoms with Crippen LogP contribution < -0.4 is 4.57 Å². The Bertz CT molecular complexity index is 1700. The van der Waals surface area contributed by atoms with Gasteiger partial charge in [0, 0.05) is 10.8 Å². The van der Waals surface area contributed by atoms with Crippen LogP contribution in [0.3, 0.4) is 0 Å². The fourth-order valence-electron chi connectivity index (χ4n) is 5.32. The highest BCUT2D eigenvalue weighted by Crippen LogP contribution is 2.38. The average molecular weight is 433 g/mol. The molecule has 3 heterocycles. The Balaban J connectivity index is 1.79. The molecule has 33 heavy (non-hydrogen) atoms. The SMILES string of the molecule is Cc1cc(C)c(-n2c(-c3cccc4c3oc3ccccc34)nc3cc(C)c[n+](C)c32)c(C)c1. The zero-order valence-corrected chi connectivity index (χ0v) is 19.6. The molecule has 6 rings (SSSR count). The van der Waals surface area contributed by atoms with E-state index < -0.39 is 0 Å². The average Bonchev–Trinajstić information content (AvgIpc) is 3.32. The molecule has 0 radical (unpaired) electrons. The van der Waals surface area contributed by atoms with Crippen LogP contribution >= 0.6 is 0 Å². The van der Waals surface area contributed by atoms with Gasteiger partial charge in [-0.05, 0) is 62.6 Å². The third-order valence-corrected chi connectivity index (χ3v) is 6.48. The van der Waals surface area contributed by atoms with Gasteiger partial charge < -0.3 is 4.42 Å². The number of aromatic nitrogens is 3. The number of hydrogen-bond acceptors (Lipinski definition) is 2. The largest absolute Gasteiger partial charge is 0.455 e. The highest BCUT2D eigenvalue weighted by atomic mass is 16.3. The van der Waals surface area contributed by atoms with Crippen molar-refractivity contribution in [2.45, 2.75) is 27.7 Å². The summed E-state index contributed by atoms with van der Waals surface area (Å²) in [5.74, 6) is 0.894. The van der Waals surface area contributed by atoms with Crippen LogP contribution in [0.2, 0.25) is 0 Å². The summed E-state index contributed by atoms with van der Waals surface area (Å²) < 4.78 is 10.9. The lowest BCUT2D eigenvalue weighted by Gasteiger charge is -2.11. The van der Waals surface area contributed by atoms with Gasteiger partial charge in [-0.2, -0.15) is 4.57 Å². The molecule has 0 N–H and O–H groups in total. The van der Waals surface area contributed by atoms with E-state index in [1.807, 2.05) is 12.1 Å². The Labute approximate surface area is 192 Å². The summed E-state index contributed by atoms with van der Waals surface area (Å²) in [6, 6.07) is 21.2. The van der Waals surface area contributed by atoms with Gasteiger partial charge in [-0.25, -0.2) is 9.55 Å². The third-order valence-electron chi connectivity index (χ3n) is 6.48. The molecule has 0 saturated heterocycles. The Kier molecular flexibility index (Phi) is 4.21. The first-order valence-corrected chi connectivity index (χ1v) is 11.3. The Hall–Kier alpha value is -3.92. The van der Waals surface area contributed by atoms with Crippen LogP contribution in [0, 0.1) is 27.7 Å². The fourth-order valence-corrected chi connectivity index (χ4v) is 5.32. The number of pyridine rings is 1. The van der Waals surface area contributed by atoms with E-state index in [0.29, 0.717) is 0 Å². The van der Waals surface area contributed by atoms with E-state index in [1.54, 1.807) is 0 Å². The summed E-state index contributed by atoms with van der Waals surface area (Å²) >= 11 is 0. The van der Waals surface area contributed by atoms with Crippen LogP contribution in [0.1, 0.15) is 22.3 Å². The van der Waals surface area contributed by atoms with Crippen LogP contribution in [0.15, 0.2) is 71.3 Å². The second-order valence-corrected chi connectivity index (χ2v) is 9.14. The zero-order chi connectivity index (χ0) is 22.9. The fraction of sp³-hybridized carbons (Fsp3) is 0.172. The minimum absolute atomic E-state index is 0.872. The lowest BCUT2D eigenvalue weighted by Crippen LogP contribution is -2.31. The molecule has 4 nitrogen and oxygen atoms in total. The van der Waals surface area contributed by atoms with Gasteiger partial charge in [0.05, 0.1) is 18.8 Å². The molecule has 0 atom stereocenters. The maximum Gasteiger partial charge on any atom is 0.314 e. The molecule has 0 spiro atoms. The quantitative estimate of drug-likeness (QED) is 0.287. The Morgan fingerprint density at radius 3 is 2.33 bits per heavy atom. The van der Waals surface area contributed by atoms with Crippen molar-refractivity contribution < 1.29 is 8.98 Å². The molecule has 0 unspecified atom stereocenters. The van der Waals surface area contributed by atoms with Crippen LogP contribution in [0.25, 0.3) is 50.2 Å². The molecule has 0 bridgehead atoms. The van der Waals surface area contributed by atoms with Crippen LogP contribution in [0.5, 0.6) is 0 Å². The molecule has 3 aromatic heterocycles. The van der Waals surface area contributed by atoms with Gasteiger partial charge in [-0.1, -0.05) is 48.0 Å². The van der Waals surface area contributed by atoms with Gasteiger partial charge >= 0.3 is 5.65 Å². The van der Waals surface area contributed by atoms with Gasteiger partial charge in [0.1, 0.15) is 16.9 Å². The normalized spacial score (nSPS) is 11.8. The third kappa shape index (κ3) is 2.91. The summed E-state index contributed by atoms with van der Waals surface area (Å²) in [6.07, 6.45) is 2.16. The first kappa shape index (κ1) is 19.7. The molecule has 3 aromatic carbocycles. The molecular weight excluding hydrogens is 406 g/mol. The number of aryl methyl sites for hydroxylation is 5. The summed E-state index contributed by atoms with van der Waals surface area (Å²) in [5.41, 5.74) is 10.9. The number of rotatable bonds is 2. The van der Waals surface area contributed by atoms with Crippen molar-refractivity contribution in [3.8, 4) is 17.1 Å². The van der Waals surface area contributed by atoms with E-state index in [1.165, 1.54) is 27.9 Å². The molecule has 0 fully saturated rings. The first-order chi connectivity index (χ1) is 15.9. The van der Waals surface area contributed by atoms with E-state index in [9.17, 15) is 0 Å². The number of benzene rings is 3. The van der Waals surface area contributed by atoms with Gasteiger partial charge in [-0.3, -0.25) is 0 Å². The van der Waals surface area contributed by atoms with E-state index in [4.69, 9.17) is 9.40 Å². The van der Waals surface area contributed by atoms with Crippen LogP contribution in [-0.2, 0) is 7.05 Å². The van der Waals surface area contributed by atoms with Crippen molar-refractivity contribution in [1.82, 2.24) is 9.55 Å². The molecule has 0 saturated carbocycles. The highest BCUT2D eigenvalue weighted by molar-refractivity contribution is 6.09. The monoisotopic (exact) mass is 432 g/mol. The molecule has 0 aliphatic heterocycles. The van der Waals surface area contributed by atoms with E-state index in [-0.39, 0.29) is 0 Å². The van der Waals surface area contributed by atoms with E-state index >= 15 is 0 Å². The second kappa shape index (κ2) is 7.04. The molecule has 0 aliphatic carbocycles. The molecule has 0 aliphatic rings. The predicted octanol–water partition coefficient (Wildman–Crippen LogP) is 6.65. The highest BCUT2D eigenvalue weighted by Gasteiger charge is 2.28. The zero-order valence-electron chi connectivity index (χ0n) is 19.6. The van der Waals surface area contributed by atoms with Crippen molar-refractivity contribution >= 4 is 33.1 Å². The molecule has 4 heteroatoms. The topological polar surface area (TPSA) is 34.8 Å². The van der Waals surface area contributed by atoms with Gasteiger partial charge in [-0.15, -0.1) is 0 Å². The van der Waals surface area contributed by atoms with E-state index in [2.05, 4.69) is 98.6 Å². The summed E-state index contributed by atoms with van der Waals surface area (Å²) in [4.78, 5) is 5.19. The number of hydrogen-bond donors (Lipinski definition) is 0. The first-order valence-electron chi connectivity index (χ1n) is 11.3.